The maximum atomic E-state index is 10.6. The van der Waals surface area contributed by atoms with Crippen molar-refractivity contribution >= 4 is 5.69 Å². The summed E-state index contributed by atoms with van der Waals surface area (Å²) in [5.41, 5.74) is 4.64. The van der Waals surface area contributed by atoms with Crippen LogP contribution in [0.2, 0.25) is 0 Å². The fourth-order valence-corrected chi connectivity index (χ4v) is 4.98. The van der Waals surface area contributed by atoms with Crippen LogP contribution in [-0.2, 0) is 0 Å². The molecule has 7 aromatic rings. The molecule has 0 aliphatic carbocycles. The smallest absolute Gasteiger partial charge is 0.187 e. The van der Waals surface area contributed by atoms with Gasteiger partial charge in [0, 0.05) is 22.3 Å². The second-order valence-corrected chi connectivity index (χ2v) is 10.6. The minimum atomic E-state index is 0.0328. The minimum absolute atomic E-state index is 0.0328. The molecule has 0 saturated heterocycles. The number of hydrogen-bond donors (Lipinski definition) is 2. The molecule has 7 rings (SSSR count). The lowest BCUT2D eigenvalue weighted by molar-refractivity contribution is 0.476. The molecule has 0 unspecified atom stereocenters. The van der Waals surface area contributed by atoms with Gasteiger partial charge in [-0.2, -0.15) is 5.26 Å². The SMILES string of the molecule is [C-]#[N+]c1ccc(-c2nc(-c3ccc(-c4nc(-c5ccc(C#N)cc5)nc(-c5ccccc5O)n4)cc3)nc(-c3ccccc3O)n2)cc1. The zero-order valence-corrected chi connectivity index (χ0v) is 25.0. The summed E-state index contributed by atoms with van der Waals surface area (Å²) >= 11 is 0. The first-order chi connectivity index (χ1) is 23.5. The molecule has 2 aromatic heterocycles. The fraction of sp³-hybridized carbons (Fsp3) is 0. The van der Waals surface area contributed by atoms with E-state index in [-0.39, 0.29) is 11.5 Å². The van der Waals surface area contributed by atoms with Crippen LogP contribution >= 0.6 is 0 Å². The number of aromatic hydroxyl groups is 2. The summed E-state index contributed by atoms with van der Waals surface area (Å²) in [6.45, 7) is 7.27. The molecule has 0 fully saturated rings. The highest BCUT2D eigenvalue weighted by molar-refractivity contribution is 5.73. The highest BCUT2D eigenvalue weighted by Crippen LogP contribution is 2.32. The molecule has 0 atom stereocenters. The van der Waals surface area contributed by atoms with Crippen molar-refractivity contribution in [3.8, 4) is 85.9 Å². The Morgan fingerprint density at radius 1 is 0.458 bits per heavy atom. The molecule has 0 amide bonds. The second-order valence-electron chi connectivity index (χ2n) is 10.6. The molecule has 10 nitrogen and oxygen atoms in total. The quantitative estimate of drug-likeness (QED) is 0.177. The Morgan fingerprint density at radius 3 is 1.15 bits per heavy atom. The topological polar surface area (TPSA) is 146 Å². The zero-order chi connectivity index (χ0) is 33.0. The lowest BCUT2D eigenvalue weighted by Crippen LogP contribution is -2.01. The molecule has 0 spiro atoms. The van der Waals surface area contributed by atoms with Crippen LogP contribution < -0.4 is 0 Å². The normalized spacial score (nSPS) is 10.6. The predicted molar refractivity (Wildman–Crippen MR) is 180 cm³/mol. The number of nitrogens with zero attached hydrogens (tertiary/aromatic N) is 8. The fourth-order valence-electron chi connectivity index (χ4n) is 4.98. The highest BCUT2D eigenvalue weighted by Gasteiger charge is 2.17. The molecule has 0 saturated carbocycles. The average molecular weight is 623 g/mol. The van der Waals surface area contributed by atoms with Crippen LogP contribution in [0.25, 0.3) is 73.2 Å². The summed E-state index contributed by atoms with van der Waals surface area (Å²) in [7, 11) is 0. The van der Waals surface area contributed by atoms with E-state index in [1.54, 1.807) is 97.1 Å². The number of rotatable bonds is 6. The van der Waals surface area contributed by atoms with Gasteiger partial charge in [-0.1, -0.05) is 72.8 Å². The minimum Gasteiger partial charge on any atom is -0.507 e. The first-order valence-electron chi connectivity index (χ1n) is 14.7. The average Bonchev–Trinajstić information content (AvgIpc) is 3.15. The van der Waals surface area contributed by atoms with Crippen LogP contribution in [0.1, 0.15) is 5.56 Å². The van der Waals surface area contributed by atoms with Gasteiger partial charge >= 0.3 is 0 Å². The number of nitriles is 1. The van der Waals surface area contributed by atoms with Crippen LogP contribution in [0.4, 0.5) is 5.69 Å². The Morgan fingerprint density at radius 2 is 0.792 bits per heavy atom. The molecule has 2 heterocycles. The van der Waals surface area contributed by atoms with Crippen LogP contribution in [-0.4, -0.2) is 40.1 Å². The van der Waals surface area contributed by atoms with Crippen molar-refractivity contribution in [3.05, 3.63) is 138 Å². The number of phenolic OH excluding ortho intramolecular Hbond substituents is 2. The van der Waals surface area contributed by atoms with E-state index < -0.39 is 0 Å². The monoisotopic (exact) mass is 622 g/mol. The van der Waals surface area contributed by atoms with E-state index in [1.807, 2.05) is 24.3 Å². The number of hydrogen-bond acceptors (Lipinski definition) is 9. The Bertz CT molecular complexity index is 2210. The van der Waals surface area contributed by atoms with Gasteiger partial charge in [-0.05, 0) is 48.5 Å². The van der Waals surface area contributed by atoms with Crippen LogP contribution in [0.3, 0.4) is 0 Å². The third kappa shape index (κ3) is 5.88. The van der Waals surface area contributed by atoms with Crippen molar-refractivity contribution in [2.24, 2.45) is 0 Å². The summed E-state index contributed by atoms with van der Waals surface area (Å²) in [4.78, 5) is 31.7. The van der Waals surface area contributed by atoms with E-state index >= 15 is 0 Å². The number of benzene rings is 5. The molecule has 5 aromatic carbocycles. The first-order valence-corrected chi connectivity index (χ1v) is 14.7. The van der Waals surface area contributed by atoms with Gasteiger partial charge in [0.2, 0.25) is 0 Å². The Hall–Kier alpha value is -7.30. The first kappa shape index (κ1) is 29.4. The van der Waals surface area contributed by atoms with Gasteiger partial charge in [-0.25, -0.2) is 34.7 Å². The van der Waals surface area contributed by atoms with Gasteiger partial charge in [0.1, 0.15) is 11.5 Å². The summed E-state index contributed by atoms with van der Waals surface area (Å²) in [5.74, 6) is 2.17. The van der Waals surface area contributed by atoms with E-state index in [1.165, 1.54) is 0 Å². The highest BCUT2D eigenvalue weighted by atomic mass is 16.3. The second kappa shape index (κ2) is 12.6. The Labute approximate surface area is 274 Å². The molecule has 2 N–H and O–H groups in total. The Balaban J connectivity index is 1.32. The summed E-state index contributed by atoms with van der Waals surface area (Å²) in [6, 6.07) is 37.0. The van der Waals surface area contributed by atoms with Gasteiger partial charge in [-0.3, -0.25) is 0 Å². The molecular weight excluding hydrogens is 600 g/mol. The lowest BCUT2D eigenvalue weighted by Gasteiger charge is -2.11. The van der Waals surface area contributed by atoms with Crippen molar-refractivity contribution in [2.75, 3.05) is 0 Å². The molecule has 0 radical (unpaired) electrons. The van der Waals surface area contributed by atoms with Crippen LogP contribution in [0.5, 0.6) is 11.5 Å². The summed E-state index contributed by atoms with van der Waals surface area (Å²) < 4.78 is 0. The predicted octanol–water partition coefficient (Wildman–Crippen LogP) is 7.89. The summed E-state index contributed by atoms with van der Waals surface area (Å²) in [6.07, 6.45) is 0. The zero-order valence-electron chi connectivity index (χ0n) is 25.0. The number of phenols is 2. The lowest BCUT2D eigenvalue weighted by atomic mass is 10.1. The van der Waals surface area contributed by atoms with Gasteiger partial charge < -0.3 is 10.2 Å². The molecule has 48 heavy (non-hydrogen) atoms. The van der Waals surface area contributed by atoms with Crippen molar-refractivity contribution in [1.29, 1.82) is 5.26 Å². The van der Waals surface area contributed by atoms with Crippen molar-refractivity contribution < 1.29 is 10.2 Å². The standard InChI is InChI=1S/C38H22N8O2/c1-40-28-20-18-27(19-21-28)36-42-35(45-38(46-36)30-7-3-5-9-32(30)48)26-16-14-25(15-17-26)34-41-33(24-12-10-23(22-39)11-13-24)43-37(44-34)29-6-2-4-8-31(29)47/h2-21,47-48H. The summed E-state index contributed by atoms with van der Waals surface area (Å²) in [5, 5.41) is 30.4. The third-order valence-electron chi connectivity index (χ3n) is 7.49. The van der Waals surface area contributed by atoms with Crippen molar-refractivity contribution in [1.82, 2.24) is 29.9 Å². The molecule has 0 aliphatic rings. The molecular formula is C38H22N8O2. The molecule has 226 valence electrons. The van der Waals surface area contributed by atoms with Crippen molar-refractivity contribution in [3.63, 3.8) is 0 Å². The molecule has 0 bridgehead atoms. The van der Waals surface area contributed by atoms with Crippen molar-refractivity contribution in [2.45, 2.75) is 0 Å². The van der Waals surface area contributed by atoms with Crippen LogP contribution in [0.15, 0.2) is 121 Å². The van der Waals surface area contributed by atoms with E-state index in [0.717, 1.165) is 0 Å². The van der Waals surface area contributed by atoms with E-state index in [9.17, 15) is 15.5 Å². The van der Waals surface area contributed by atoms with E-state index in [4.69, 9.17) is 26.5 Å². The van der Waals surface area contributed by atoms with Gasteiger partial charge in [0.15, 0.2) is 40.6 Å². The maximum absolute atomic E-state index is 10.6. The Kier molecular flexibility index (Phi) is 7.72. The number of aromatic nitrogens is 6. The largest absolute Gasteiger partial charge is 0.507 e. The molecule has 0 aliphatic heterocycles. The molecule has 10 heteroatoms. The van der Waals surface area contributed by atoms with E-state index in [2.05, 4.69) is 20.9 Å². The van der Waals surface area contributed by atoms with Gasteiger partial charge in [-0.15, -0.1) is 0 Å². The maximum Gasteiger partial charge on any atom is 0.187 e. The number of para-hydroxylation sites is 2. The third-order valence-corrected chi connectivity index (χ3v) is 7.49. The van der Waals surface area contributed by atoms with Gasteiger partial charge in [0.25, 0.3) is 0 Å². The van der Waals surface area contributed by atoms with E-state index in [0.29, 0.717) is 79.6 Å². The van der Waals surface area contributed by atoms with Gasteiger partial charge in [0.05, 0.1) is 29.3 Å². The van der Waals surface area contributed by atoms with Crippen LogP contribution in [0, 0.1) is 17.9 Å².